The molecule has 1 unspecified atom stereocenters. The van der Waals surface area contributed by atoms with Gasteiger partial charge in [0.1, 0.15) is 5.69 Å². The Morgan fingerprint density at radius 2 is 2.05 bits per heavy atom. The molecule has 0 radical (unpaired) electrons. The van der Waals surface area contributed by atoms with E-state index in [4.69, 9.17) is 0 Å². The third-order valence-corrected chi connectivity index (χ3v) is 4.52. The largest absolute Gasteiger partial charge is 0.357 e. The molecule has 20 heavy (non-hydrogen) atoms. The van der Waals surface area contributed by atoms with Crippen molar-refractivity contribution in [3.05, 3.63) is 17.5 Å². The van der Waals surface area contributed by atoms with Crippen molar-refractivity contribution < 1.29 is 13.2 Å². The normalized spacial score (nSPS) is 12.8. The minimum absolute atomic E-state index is 0.0593. The summed E-state index contributed by atoms with van der Waals surface area (Å²) in [6.45, 7) is 4.99. The third kappa shape index (κ3) is 4.76. The van der Waals surface area contributed by atoms with Crippen LogP contribution < -0.4 is 10.6 Å². The van der Waals surface area contributed by atoms with Crippen molar-refractivity contribution >= 4 is 21.7 Å². The van der Waals surface area contributed by atoms with Crippen LogP contribution in [0.5, 0.6) is 0 Å². The molecule has 0 spiro atoms. The van der Waals surface area contributed by atoms with Gasteiger partial charge in [0.2, 0.25) is 5.95 Å². The first-order chi connectivity index (χ1) is 9.27. The summed E-state index contributed by atoms with van der Waals surface area (Å²) in [5, 5.41) is 5.39. The highest BCUT2D eigenvalue weighted by atomic mass is 32.2. The number of anilines is 1. The number of nitrogens with one attached hydrogen (secondary N) is 2. The summed E-state index contributed by atoms with van der Waals surface area (Å²) in [5.41, 5.74) is 0.867. The zero-order valence-corrected chi connectivity index (χ0v) is 12.9. The maximum Gasteiger partial charge on any atom is 0.270 e. The Kier molecular flexibility index (Phi) is 5.43. The average molecular weight is 300 g/mol. The van der Waals surface area contributed by atoms with Crippen molar-refractivity contribution in [1.29, 1.82) is 0 Å². The first kappa shape index (κ1) is 16.4. The van der Waals surface area contributed by atoms with Gasteiger partial charge in [0.05, 0.1) is 5.75 Å². The average Bonchev–Trinajstić information content (AvgIpc) is 2.37. The van der Waals surface area contributed by atoms with E-state index in [1.165, 1.54) is 0 Å². The Hall–Kier alpha value is -1.70. The minimum Gasteiger partial charge on any atom is -0.357 e. The topological polar surface area (TPSA) is 101 Å². The van der Waals surface area contributed by atoms with E-state index < -0.39 is 21.8 Å². The predicted octanol–water partition coefficient (Wildman–Crippen LogP) is 0.380. The van der Waals surface area contributed by atoms with E-state index in [1.54, 1.807) is 33.9 Å². The van der Waals surface area contributed by atoms with E-state index in [1.807, 2.05) is 0 Å². The summed E-state index contributed by atoms with van der Waals surface area (Å²) >= 11 is 0. The van der Waals surface area contributed by atoms with Gasteiger partial charge in [0, 0.05) is 24.5 Å². The standard InChI is InChI=1S/C12H20N4O3S/c1-5-20(18,19)7-9(3)14-11(17)10-6-8(2)15-12(13-4)16-10/h6,9H,5,7H2,1-4H3,(H,14,17)(H,13,15,16). The molecular formula is C12H20N4O3S. The van der Waals surface area contributed by atoms with Crippen molar-refractivity contribution in [3.63, 3.8) is 0 Å². The molecule has 1 amide bonds. The molecule has 0 saturated heterocycles. The van der Waals surface area contributed by atoms with E-state index in [9.17, 15) is 13.2 Å². The number of sulfone groups is 1. The van der Waals surface area contributed by atoms with Crippen molar-refractivity contribution in [2.24, 2.45) is 0 Å². The summed E-state index contributed by atoms with van der Waals surface area (Å²) in [7, 11) is -1.47. The van der Waals surface area contributed by atoms with E-state index in [-0.39, 0.29) is 17.2 Å². The van der Waals surface area contributed by atoms with Gasteiger partial charge in [-0.2, -0.15) is 0 Å². The molecule has 0 bridgehead atoms. The van der Waals surface area contributed by atoms with E-state index in [0.29, 0.717) is 11.6 Å². The number of carbonyl (C=O) groups is 1. The quantitative estimate of drug-likeness (QED) is 0.787. The number of aromatic nitrogens is 2. The molecule has 0 aromatic carbocycles. The number of amides is 1. The lowest BCUT2D eigenvalue weighted by molar-refractivity contribution is 0.0938. The van der Waals surface area contributed by atoms with Crippen molar-refractivity contribution in [1.82, 2.24) is 15.3 Å². The molecule has 2 N–H and O–H groups in total. The van der Waals surface area contributed by atoms with Gasteiger partial charge >= 0.3 is 0 Å². The number of nitrogens with zero attached hydrogens (tertiary/aromatic N) is 2. The Morgan fingerprint density at radius 3 is 2.60 bits per heavy atom. The highest BCUT2D eigenvalue weighted by Gasteiger charge is 2.17. The lowest BCUT2D eigenvalue weighted by Gasteiger charge is -2.13. The van der Waals surface area contributed by atoms with Crippen LogP contribution in [0.1, 0.15) is 30.0 Å². The number of aryl methyl sites for hydroxylation is 1. The fourth-order valence-electron chi connectivity index (χ4n) is 1.63. The maximum atomic E-state index is 12.0. The van der Waals surface area contributed by atoms with E-state index in [0.717, 1.165) is 0 Å². The molecule has 0 aliphatic heterocycles. The maximum absolute atomic E-state index is 12.0. The molecule has 0 fully saturated rings. The van der Waals surface area contributed by atoms with Gasteiger partial charge in [-0.25, -0.2) is 18.4 Å². The van der Waals surface area contributed by atoms with Gasteiger partial charge in [-0.05, 0) is 19.9 Å². The summed E-state index contributed by atoms with van der Waals surface area (Å²) < 4.78 is 23.0. The molecule has 1 aromatic rings. The van der Waals surface area contributed by atoms with Crippen LogP contribution in [0.3, 0.4) is 0 Å². The Labute approximate surface area is 119 Å². The number of hydrogen-bond acceptors (Lipinski definition) is 6. The molecule has 0 aliphatic rings. The molecule has 1 rings (SSSR count). The van der Waals surface area contributed by atoms with Gasteiger partial charge in [-0.3, -0.25) is 4.79 Å². The minimum atomic E-state index is -3.13. The second-order valence-corrected chi connectivity index (χ2v) is 6.94. The summed E-state index contributed by atoms with van der Waals surface area (Å²) in [6.07, 6.45) is 0. The molecule has 112 valence electrons. The molecule has 1 atom stereocenters. The fraction of sp³-hybridized carbons (Fsp3) is 0.583. The van der Waals surface area contributed by atoms with Gasteiger partial charge < -0.3 is 10.6 Å². The molecule has 0 saturated carbocycles. The van der Waals surface area contributed by atoms with Crippen LogP contribution in [0.15, 0.2) is 6.07 Å². The second-order valence-electron chi connectivity index (χ2n) is 4.54. The summed E-state index contributed by atoms with van der Waals surface area (Å²) in [6, 6.07) is 1.08. The zero-order chi connectivity index (χ0) is 15.3. The molecule has 0 aliphatic carbocycles. The first-order valence-corrected chi connectivity index (χ1v) is 8.14. The van der Waals surface area contributed by atoms with E-state index in [2.05, 4.69) is 20.6 Å². The molecule has 8 heteroatoms. The van der Waals surface area contributed by atoms with Gasteiger partial charge in [-0.1, -0.05) is 6.92 Å². The van der Waals surface area contributed by atoms with Crippen LogP contribution in [0.4, 0.5) is 5.95 Å². The second kappa shape index (κ2) is 6.65. The zero-order valence-electron chi connectivity index (χ0n) is 12.1. The number of rotatable bonds is 6. The van der Waals surface area contributed by atoms with Gasteiger partial charge in [0.25, 0.3) is 5.91 Å². The summed E-state index contributed by atoms with van der Waals surface area (Å²) in [5.74, 6) is -0.0863. The van der Waals surface area contributed by atoms with E-state index >= 15 is 0 Å². The van der Waals surface area contributed by atoms with Crippen LogP contribution in [-0.4, -0.2) is 48.9 Å². The third-order valence-electron chi connectivity index (χ3n) is 2.63. The van der Waals surface area contributed by atoms with Crippen LogP contribution in [0.2, 0.25) is 0 Å². The van der Waals surface area contributed by atoms with Crippen molar-refractivity contribution in [3.8, 4) is 0 Å². The lowest BCUT2D eigenvalue weighted by Crippen LogP contribution is -2.38. The summed E-state index contributed by atoms with van der Waals surface area (Å²) in [4.78, 5) is 20.2. The predicted molar refractivity (Wildman–Crippen MR) is 77.6 cm³/mol. The van der Waals surface area contributed by atoms with Crippen molar-refractivity contribution in [2.45, 2.75) is 26.8 Å². The first-order valence-electron chi connectivity index (χ1n) is 6.32. The van der Waals surface area contributed by atoms with Crippen LogP contribution >= 0.6 is 0 Å². The van der Waals surface area contributed by atoms with Gasteiger partial charge in [0.15, 0.2) is 9.84 Å². The Bertz CT molecular complexity index is 586. The lowest BCUT2D eigenvalue weighted by atomic mass is 10.3. The fourth-order valence-corrected chi connectivity index (χ4v) is 2.72. The highest BCUT2D eigenvalue weighted by molar-refractivity contribution is 7.91. The molecular weight excluding hydrogens is 280 g/mol. The molecule has 7 nitrogen and oxygen atoms in total. The Morgan fingerprint density at radius 1 is 1.40 bits per heavy atom. The van der Waals surface area contributed by atoms with Crippen LogP contribution in [0.25, 0.3) is 0 Å². The monoisotopic (exact) mass is 300 g/mol. The van der Waals surface area contributed by atoms with Crippen LogP contribution in [-0.2, 0) is 9.84 Å². The SMILES string of the molecule is CCS(=O)(=O)CC(C)NC(=O)c1cc(C)nc(NC)n1. The smallest absolute Gasteiger partial charge is 0.270 e. The highest BCUT2D eigenvalue weighted by Crippen LogP contribution is 2.05. The number of hydrogen-bond donors (Lipinski definition) is 2. The molecule has 1 aromatic heterocycles. The number of carbonyl (C=O) groups excluding carboxylic acids is 1. The van der Waals surface area contributed by atoms with Crippen LogP contribution in [0, 0.1) is 6.92 Å². The Balaban J connectivity index is 2.79. The van der Waals surface area contributed by atoms with Crippen molar-refractivity contribution in [2.75, 3.05) is 23.9 Å². The molecule has 1 heterocycles. The van der Waals surface area contributed by atoms with Gasteiger partial charge in [-0.15, -0.1) is 0 Å².